The van der Waals surface area contributed by atoms with Crippen molar-refractivity contribution in [1.82, 2.24) is 25.2 Å². The fourth-order valence-electron chi connectivity index (χ4n) is 7.79. The summed E-state index contributed by atoms with van der Waals surface area (Å²) in [6.07, 6.45) is 0. The highest BCUT2D eigenvalue weighted by Crippen LogP contribution is 2.43. The summed E-state index contributed by atoms with van der Waals surface area (Å²) >= 11 is 0. The SMILES string of the molecule is CC(C)Cn1nc2c(-c3ccc(N(c4ccccc4)c4ccccc4)cc3)c3n[n+](CC(C)C)[nH]c3c(-c3ccc(N(c4ccccc4)c4ccccc4)cc3)c2n1. The molecule has 0 aliphatic carbocycles. The lowest BCUT2D eigenvalue weighted by Gasteiger charge is -2.25. The number of aromatic amines is 1. The first-order valence-corrected chi connectivity index (χ1v) is 20.1. The van der Waals surface area contributed by atoms with Crippen LogP contribution in [0.1, 0.15) is 27.7 Å². The number of aromatic nitrogens is 6. The molecule has 0 saturated carbocycles. The van der Waals surface area contributed by atoms with Crippen LogP contribution in [-0.4, -0.2) is 25.2 Å². The van der Waals surface area contributed by atoms with Gasteiger partial charge in [-0.25, -0.2) is 0 Å². The standard InChI is InChI=1S/C50H47N8/c1-35(2)33-55-51-47-45(37-25-29-43(30-26-37)57(39-17-9-5-10-18-39)40-19-11-6-12-20-40)49-50(54-56(53-49)34-36(3)4)46(48(47)52-55)38-27-31-44(32-28-38)58(41-21-13-7-14-22-41)42-23-15-8-16-24-42/h5-32,35-36H,33-34H2,1-4H3,(H,51,52)/q+1. The van der Waals surface area contributed by atoms with Crippen molar-refractivity contribution >= 4 is 56.2 Å². The van der Waals surface area contributed by atoms with Gasteiger partial charge in [-0.05, 0) is 94.6 Å². The third-order valence-corrected chi connectivity index (χ3v) is 10.3. The summed E-state index contributed by atoms with van der Waals surface area (Å²) < 4.78 is 0. The summed E-state index contributed by atoms with van der Waals surface area (Å²) in [5, 5.41) is 19.5. The first-order chi connectivity index (χ1) is 28.4. The highest BCUT2D eigenvalue weighted by molar-refractivity contribution is 6.16. The van der Waals surface area contributed by atoms with E-state index in [9.17, 15) is 0 Å². The molecule has 0 aliphatic heterocycles. The number of benzene rings is 7. The number of anilines is 6. The fraction of sp³-hybridized carbons (Fsp3) is 0.160. The van der Waals surface area contributed by atoms with E-state index in [1.807, 2.05) is 9.59 Å². The summed E-state index contributed by atoms with van der Waals surface area (Å²) in [4.78, 5) is 8.41. The van der Waals surface area contributed by atoms with E-state index in [1.165, 1.54) is 0 Å². The molecule has 0 atom stereocenters. The molecular formula is C50H47N8+. The third-order valence-electron chi connectivity index (χ3n) is 10.3. The van der Waals surface area contributed by atoms with E-state index in [-0.39, 0.29) is 0 Å². The number of fused-ring (bicyclic) bond motifs is 2. The van der Waals surface area contributed by atoms with Crippen molar-refractivity contribution in [3.05, 3.63) is 170 Å². The summed E-state index contributed by atoms with van der Waals surface area (Å²) in [7, 11) is 0. The van der Waals surface area contributed by atoms with Crippen molar-refractivity contribution in [3.8, 4) is 22.3 Å². The Morgan fingerprint density at radius 2 is 0.845 bits per heavy atom. The molecule has 2 heterocycles. The Morgan fingerprint density at radius 3 is 1.24 bits per heavy atom. The van der Waals surface area contributed by atoms with Crippen LogP contribution >= 0.6 is 0 Å². The summed E-state index contributed by atoms with van der Waals surface area (Å²) in [6.45, 7) is 10.3. The Balaban J connectivity index is 1.21. The molecule has 9 rings (SSSR count). The maximum Gasteiger partial charge on any atom is 0.203 e. The lowest BCUT2D eigenvalue weighted by Crippen LogP contribution is -2.41. The van der Waals surface area contributed by atoms with Gasteiger partial charge in [0.2, 0.25) is 6.54 Å². The highest BCUT2D eigenvalue weighted by atomic mass is 15.5. The van der Waals surface area contributed by atoms with Gasteiger partial charge in [0.25, 0.3) is 0 Å². The monoisotopic (exact) mass is 759 g/mol. The van der Waals surface area contributed by atoms with Crippen molar-refractivity contribution < 1.29 is 4.80 Å². The van der Waals surface area contributed by atoms with Crippen molar-refractivity contribution in [1.29, 1.82) is 0 Å². The Kier molecular flexibility index (Phi) is 9.98. The molecule has 0 radical (unpaired) electrons. The topological polar surface area (TPSA) is 69.8 Å². The van der Waals surface area contributed by atoms with E-state index < -0.39 is 0 Å². The molecule has 0 spiro atoms. The predicted octanol–water partition coefficient (Wildman–Crippen LogP) is 12.2. The van der Waals surface area contributed by atoms with Gasteiger partial charge in [0.15, 0.2) is 5.52 Å². The number of rotatable bonds is 12. The molecule has 0 unspecified atom stereocenters. The maximum absolute atomic E-state index is 5.28. The van der Waals surface area contributed by atoms with Crippen molar-refractivity contribution in [3.63, 3.8) is 0 Å². The number of para-hydroxylation sites is 4. The van der Waals surface area contributed by atoms with Gasteiger partial charge in [0.05, 0.1) is 6.54 Å². The average molecular weight is 760 g/mol. The lowest BCUT2D eigenvalue weighted by molar-refractivity contribution is -0.804. The van der Waals surface area contributed by atoms with Crippen molar-refractivity contribution in [2.45, 2.75) is 40.8 Å². The minimum absolute atomic E-state index is 0.368. The van der Waals surface area contributed by atoms with Gasteiger partial charge in [-0.3, -0.25) is 0 Å². The maximum atomic E-state index is 5.28. The molecular weight excluding hydrogens is 713 g/mol. The quantitative estimate of drug-likeness (QED) is 0.126. The molecule has 286 valence electrons. The number of H-pyrrole nitrogens is 1. The molecule has 7 aromatic carbocycles. The Morgan fingerprint density at radius 1 is 0.466 bits per heavy atom. The molecule has 0 aliphatic rings. The predicted molar refractivity (Wildman–Crippen MR) is 237 cm³/mol. The van der Waals surface area contributed by atoms with E-state index in [1.54, 1.807) is 0 Å². The molecule has 2 aromatic heterocycles. The normalized spacial score (nSPS) is 11.6. The second-order valence-electron chi connectivity index (χ2n) is 15.6. The van der Waals surface area contributed by atoms with Gasteiger partial charge in [0.1, 0.15) is 16.6 Å². The molecule has 0 bridgehead atoms. The second-order valence-corrected chi connectivity index (χ2v) is 15.6. The smallest absolute Gasteiger partial charge is 0.203 e. The largest absolute Gasteiger partial charge is 0.311 e. The second kappa shape index (κ2) is 15.8. The first-order valence-electron chi connectivity index (χ1n) is 20.1. The Hall–Kier alpha value is -7.06. The van der Waals surface area contributed by atoms with Gasteiger partial charge < -0.3 is 9.80 Å². The molecule has 0 fully saturated rings. The molecule has 58 heavy (non-hydrogen) atoms. The van der Waals surface area contributed by atoms with Crippen LogP contribution in [0.2, 0.25) is 0 Å². The summed E-state index contributed by atoms with van der Waals surface area (Å²) in [5.41, 5.74) is 14.0. The van der Waals surface area contributed by atoms with Crippen LogP contribution in [0.5, 0.6) is 0 Å². The highest BCUT2D eigenvalue weighted by Gasteiger charge is 2.28. The Labute approximate surface area is 339 Å². The van der Waals surface area contributed by atoms with E-state index in [4.69, 9.17) is 15.3 Å². The van der Waals surface area contributed by atoms with Gasteiger partial charge in [0, 0.05) is 56.3 Å². The number of nitrogens with one attached hydrogen (secondary N) is 1. The molecule has 8 heteroatoms. The van der Waals surface area contributed by atoms with Crippen molar-refractivity contribution in [2.75, 3.05) is 9.80 Å². The molecule has 1 N–H and O–H groups in total. The van der Waals surface area contributed by atoms with E-state index in [0.717, 1.165) is 85.0 Å². The molecule has 0 amide bonds. The van der Waals surface area contributed by atoms with Crippen LogP contribution in [0.25, 0.3) is 44.3 Å². The molecule has 0 saturated heterocycles. The first kappa shape index (κ1) is 36.6. The van der Waals surface area contributed by atoms with Crippen LogP contribution in [-0.2, 0) is 13.1 Å². The van der Waals surface area contributed by atoms with Gasteiger partial charge >= 0.3 is 0 Å². The number of hydrogen-bond acceptors (Lipinski definition) is 5. The van der Waals surface area contributed by atoms with Crippen LogP contribution < -0.4 is 14.6 Å². The van der Waals surface area contributed by atoms with Gasteiger partial charge in [-0.2, -0.15) is 15.0 Å². The number of hydrogen-bond donors (Lipinski definition) is 1. The fourth-order valence-corrected chi connectivity index (χ4v) is 7.79. The van der Waals surface area contributed by atoms with E-state index in [0.29, 0.717) is 18.4 Å². The van der Waals surface area contributed by atoms with E-state index in [2.05, 4.69) is 212 Å². The van der Waals surface area contributed by atoms with Crippen LogP contribution in [0, 0.1) is 11.8 Å². The minimum Gasteiger partial charge on any atom is -0.311 e. The zero-order chi connectivity index (χ0) is 39.6. The van der Waals surface area contributed by atoms with Crippen LogP contribution in [0.3, 0.4) is 0 Å². The Bertz CT molecular complexity index is 2430. The third kappa shape index (κ3) is 7.21. The average Bonchev–Trinajstić information content (AvgIpc) is 3.85. The summed E-state index contributed by atoms with van der Waals surface area (Å²) in [5.74, 6) is 0.759. The number of nitrogens with zero attached hydrogens (tertiary/aromatic N) is 7. The zero-order valence-electron chi connectivity index (χ0n) is 33.4. The minimum atomic E-state index is 0.368. The van der Waals surface area contributed by atoms with Gasteiger partial charge in [-0.1, -0.05) is 125 Å². The van der Waals surface area contributed by atoms with E-state index >= 15 is 0 Å². The van der Waals surface area contributed by atoms with Gasteiger partial charge in [-0.15, -0.1) is 5.10 Å². The summed E-state index contributed by atoms with van der Waals surface area (Å²) in [6, 6.07) is 59.6. The van der Waals surface area contributed by atoms with Crippen molar-refractivity contribution in [2.24, 2.45) is 11.8 Å². The molecule has 9 aromatic rings. The van der Waals surface area contributed by atoms with Crippen LogP contribution in [0.15, 0.2) is 170 Å². The van der Waals surface area contributed by atoms with Crippen LogP contribution in [0.4, 0.5) is 34.1 Å². The lowest BCUT2D eigenvalue weighted by atomic mass is 9.95. The zero-order valence-corrected chi connectivity index (χ0v) is 33.4. The molecule has 8 nitrogen and oxygen atoms in total.